The molecule has 3 N–H and O–H groups in total. The normalized spacial score (nSPS) is 28.2. The molecule has 0 radical (unpaired) electrons. The summed E-state index contributed by atoms with van der Waals surface area (Å²) in [4.78, 5) is 2.04. The van der Waals surface area contributed by atoms with E-state index in [9.17, 15) is 5.11 Å². The Labute approximate surface area is 88.3 Å². The minimum Gasteiger partial charge on any atom is -0.489 e. The van der Waals surface area contributed by atoms with E-state index in [1.165, 1.54) is 0 Å². The van der Waals surface area contributed by atoms with Gasteiger partial charge in [0.15, 0.2) is 0 Å². The third-order valence-corrected chi connectivity index (χ3v) is 3.17. The second-order valence-electron chi connectivity index (χ2n) is 4.16. The van der Waals surface area contributed by atoms with E-state index in [0.29, 0.717) is 18.3 Å². The molecule has 80 valence electrons. The molecule has 1 fully saturated rings. The second-order valence-corrected chi connectivity index (χ2v) is 4.16. The van der Waals surface area contributed by atoms with Crippen LogP contribution in [0.15, 0.2) is 18.2 Å². The number of nitrogens with zero attached hydrogens (tertiary/aromatic N) is 1. The summed E-state index contributed by atoms with van der Waals surface area (Å²) in [6.45, 7) is 0.646. The number of anilines is 2. The molecule has 0 bridgehead atoms. The predicted molar refractivity (Wildman–Crippen MR) is 57.9 cm³/mol. The van der Waals surface area contributed by atoms with Crippen LogP contribution >= 0.6 is 0 Å². The van der Waals surface area contributed by atoms with Gasteiger partial charge < -0.3 is 20.5 Å². The van der Waals surface area contributed by atoms with Gasteiger partial charge in [0.2, 0.25) is 0 Å². The van der Waals surface area contributed by atoms with E-state index in [0.717, 1.165) is 24.3 Å². The third kappa shape index (κ3) is 1.25. The van der Waals surface area contributed by atoms with Crippen molar-refractivity contribution in [2.45, 2.75) is 25.1 Å². The lowest BCUT2D eigenvalue weighted by molar-refractivity contribution is 0.170. The van der Waals surface area contributed by atoms with Crippen LogP contribution < -0.4 is 15.4 Å². The van der Waals surface area contributed by atoms with Crippen LogP contribution in [0.25, 0.3) is 0 Å². The van der Waals surface area contributed by atoms with Gasteiger partial charge >= 0.3 is 0 Å². The van der Waals surface area contributed by atoms with Gasteiger partial charge in [-0.2, -0.15) is 0 Å². The molecule has 0 aliphatic carbocycles. The molecule has 0 amide bonds. The summed E-state index contributed by atoms with van der Waals surface area (Å²) in [6, 6.07) is 5.90. The topological polar surface area (TPSA) is 58.7 Å². The van der Waals surface area contributed by atoms with Gasteiger partial charge in [-0.3, -0.25) is 0 Å². The van der Waals surface area contributed by atoms with Crippen LogP contribution in [0.4, 0.5) is 11.4 Å². The van der Waals surface area contributed by atoms with Crippen LogP contribution in [-0.4, -0.2) is 24.0 Å². The first-order valence-corrected chi connectivity index (χ1v) is 5.24. The van der Waals surface area contributed by atoms with Crippen LogP contribution in [0.1, 0.15) is 12.8 Å². The molecule has 2 aliphatic heterocycles. The average molecular weight is 206 g/mol. The number of rotatable bonds is 0. The van der Waals surface area contributed by atoms with E-state index in [-0.39, 0.29) is 6.23 Å². The van der Waals surface area contributed by atoms with Gasteiger partial charge in [0.1, 0.15) is 18.6 Å². The smallest absolute Gasteiger partial charge is 0.144 e. The van der Waals surface area contributed by atoms with Crippen molar-refractivity contribution >= 4 is 11.4 Å². The lowest BCUT2D eigenvalue weighted by Crippen LogP contribution is -2.42. The highest BCUT2D eigenvalue weighted by Crippen LogP contribution is 2.40. The summed E-state index contributed by atoms with van der Waals surface area (Å²) in [5.74, 6) is 0.784. The van der Waals surface area contributed by atoms with Crippen molar-refractivity contribution in [2.75, 3.05) is 17.2 Å². The fraction of sp³-hybridized carbons (Fsp3) is 0.455. The van der Waals surface area contributed by atoms with Gasteiger partial charge in [0.05, 0.1) is 11.7 Å². The Morgan fingerprint density at radius 2 is 2.27 bits per heavy atom. The number of ether oxygens (including phenoxy) is 1. The number of aliphatic hydroxyl groups is 1. The molecule has 2 heterocycles. The van der Waals surface area contributed by atoms with Crippen molar-refractivity contribution in [3.63, 3.8) is 0 Å². The quantitative estimate of drug-likeness (QED) is 0.620. The molecule has 1 aromatic carbocycles. The molecule has 15 heavy (non-hydrogen) atoms. The Morgan fingerprint density at radius 1 is 1.40 bits per heavy atom. The van der Waals surface area contributed by atoms with Crippen molar-refractivity contribution in [1.29, 1.82) is 0 Å². The molecule has 0 saturated carbocycles. The number of nitrogens with two attached hydrogens (primary N) is 1. The molecule has 2 aliphatic rings. The van der Waals surface area contributed by atoms with Crippen molar-refractivity contribution in [3.8, 4) is 5.75 Å². The van der Waals surface area contributed by atoms with Crippen molar-refractivity contribution < 1.29 is 9.84 Å². The second kappa shape index (κ2) is 3.03. The first-order valence-electron chi connectivity index (χ1n) is 5.24. The Bertz CT molecular complexity index is 394. The van der Waals surface area contributed by atoms with Gasteiger partial charge in [-0.15, -0.1) is 0 Å². The van der Waals surface area contributed by atoms with Crippen LogP contribution in [0.5, 0.6) is 5.75 Å². The number of nitrogen functional groups attached to an aromatic ring is 1. The monoisotopic (exact) mass is 206 g/mol. The third-order valence-electron chi connectivity index (χ3n) is 3.17. The number of aliphatic hydroxyl groups excluding tert-OH is 1. The fourth-order valence-electron chi connectivity index (χ4n) is 2.43. The molecule has 1 aromatic rings. The molecular formula is C11H14N2O2. The van der Waals surface area contributed by atoms with Crippen LogP contribution in [-0.2, 0) is 0 Å². The van der Waals surface area contributed by atoms with Gasteiger partial charge in [-0.05, 0) is 25.0 Å². The van der Waals surface area contributed by atoms with E-state index < -0.39 is 0 Å². The summed E-state index contributed by atoms with van der Waals surface area (Å²) in [5.41, 5.74) is 7.35. The molecule has 4 heteroatoms. The summed E-state index contributed by atoms with van der Waals surface area (Å²) in [6.07, 6.45) is 1.43. The molecule has 4 nitrogen and oxygen atoms in total. The summed E-state index contributed by atoms with van der Waals surface area (Å²) >= 11 is 0. The number of benzene rings is 1. The van der Waals surface area contributed by atoms with Crippen molar-refractivity contribution in [3.05, 3.63) is 18.2 Å². The van der Waals surface area contributed by atoms with Crippen molar-refractivity contribution in [2.24, 2.45) is 0 Å². The highest BCUT2D eigenvalue weighted by Gasteiger charge is 2.37. The molecule has 2 atom stereocenters. The highest BCUT2D eigenvalue weighted by atomic mass is 16.5. The van der Waals surface area contributed by atoms with E-state index in [4.69, 9.17) is 10.5 Å². The van der Waals surface area contributed by atoms with Crippen LogP contribution in [0, 0.1) is 0 Å². The lowest BCUT2D eigenvalue weighted by atomic mass is 10.1. The minimum atomic E-state index is -0.374. The molecule has 3 rings (SSSR count). The van der Waals surface area contributed by atoms with Crippen LogP contribution in [0.3, 0.4) is 0 Å². The predicted octanol–water partition coefficient (Wildman–Crippen LogP) is 0.948. The van der Waals surface area contributed by atoms with E-state index in [1.807, 2.05) is 23.1 Å². The van der Waals surface area contributed by atoms with Gasteiger partial charge in [-0.25, -0.2) is 0 Å². The fourth-order valence-corrected chi connectivity index (χ4v) is 2.43. The van der Waals surface area contributed by atoms with E-state index >= 15 is 0 Å². The van der Waals surface area contributed by atoms with Gasteiger partial charge in [0, 0.05) is 11.8 Å². The highest BCUT2D eigenvalue weighted by molar-refractivity contribution is 5.66. The molecule has 0 spiro atoms. The standard InChI is InChI=1S/C11H14N2O2/c12-7-1-3-9-10(5-7)15-6-8-2-4-11(14)13(8)9/h1,3,5,8,11,14H,2,4,6,12H2. The Morgan fingerprint density at radius 3 is 3.13 bits per heavy atom. The maximum atomic E-state index is 9.88. The summed E-state index contributed by atoms with van der Waals surface area (Å²) in [7, 11) is 0. The Balaban J connectivity index is 2.06. The minimum absolute atomic E-state index is 0.316. The Kier molecular flexibility index (Phi) is 1.79. The zero-order valence-corrected chi connectivity index (χ0v) is 8.39. The number of hydrogen-bond donors (Lipinski definition) is 2. The first kappa shape index (κ1) is 8.85. The number of hydrogen-bond acceptors (Lipinski definition) is 4. The summed E-state index contributed by atoms with van der Waals surface area (Å²) in [5, 5.41) is 9.88. The molecule has 1 saturated heterocycles. The molecule has 0 aromatic heterocycles. The van der Waals surface area contributed by atoms with Gasteiger partial charge in [0.25, 0.3) is 0 Å². The van der Waals surface area contributed by atoms with E-state index in [2.05, 4.69) is 0 Å². The zero-order chi connectivity index (χ0) is 10.4. The zero-order valence-electron chi connectivity index (χ0n) is 8.39. The average Bonchev–Trinajstić information content (AvgIpc) is 2.60. The maximum Gasteiger partial charge on any atom is 0.144 e. The van der Waals surface area contributed by atoms with E-state index in [1.54, 1.807) is 0 Å². The maximum absolute atomic E-state index is 9.88. The van der Waals surface area contributed by atoms with Crippen molar-refractivity contribution in [1.82, 2.24) is 0 Å². The van der Waals surface area contributed by atoms with Gasteiger partial charge in [-0.1, -0.05) is 0 Å². The molecule has 2 unspecified atom stereocenters. The summed E-state index contributed by atoms with van der Waals surface area (Å²) < 4.78 is 5.63. The largest absolute Gasteiger partial charge is 0.489 e. The Hall–Kier alpha value is -1.42. The molecular weight excluding hydrogens is 192 g/mol. The number of fused-ring (bicyclic) bond motifs is 3. The van der Waals surface area contributed by atoms with Crippen LogP contribution in [0.2, 0.25) is 0 Å². The SMILES string of the molecule is Nc1ccc2c(c1)OCC1CCC(O)N21. The lowest BCUT2D eigenvalue weighted by Gasteiger charge is -2.35. The first-order chi connectivity index (χ1) is 7.25.